The fourth-order valence-electron chi connectivity index (χ4n) is 0.187. The topological polar surface area (TPSA) is 83.8 Å². The first-order valence-electron chi connectivity index (χ1n) is 2.38. The van der Waals surface area contributed by atoms with Gasteiger partial charge in [0.2, 0.25) is 0 Å². The minimum Gasteiger partial charge on any atom is -0.392 e. The Morgan fingerprint density at radius 1 is 1.70 bits per heavy atom. The molecule has 5 nitrogen and oxygen atoms in total. The van der Waals surface area contributed by atoms with Crippen LogP contribution in [0, 0.1) is 0 Å². The van der Waals surface area contributed by atoms with Crippen LogP contribution in [0.2, 0.25) is 0 Å². The summed E-state index contributed by atoms with van der Waals surface area (Å²) in [5.74, 6) is 0.0970. The Morgan fingerprint density at radius 3 is 2.50 bits per heavy atom. The van der Waals surface area contributed by atoms with Gasteiger partial charge in [-0.15, -0.1) is 0 Å². The third-order valence-electron chi connectivity index (χ3n) is 0.443. The van der Waals surface area contributed by atoms with Crippen molar-refractivity contribution < 1.29 is 21.7 Å². The molecule has 0 aromatic carbocycles. The van der Waals surface area contributed by atoms with E-state index in [0.29, 0.717) is 12.0 Å². The zero-order valence-electron chi connectivity index (χ0n) is 5.22. The molecule has 0 fully saturated rings. The fourth-order valence-corrected chi connectivity index (χ4v) is 1.09. The monoisotopic (exact) mass is 188 g/mol. The van der Waals surface area contributed by atoms with Crippen molar-refractivity contribution >= 4 is 22.4 Å². The molecule has 0 saturated carbocycles. The highest BCUT2D eigenvalue weighted by molar-refractivity contribution is 8.02. The predicted octanol–water partition coefficient (Wildman–Crippen LogP) is -0.165. The standard InChI is InChI=1S/C3H8O5S2/c1-3(4)2-9-8-10(5,6)7/h3-4H,2H2,1H3,(H,5,6,7). The van der Waals surface area contributed by atoms with E-state index in [1.54, 1.807) is 0 Å². The minimum atomic E-state index is -4.37. The van der Waals surface area contributed by atoms with Crippen LogP contribution in [0.1, 0.15) is 6.92 Å². The first-order valence-corrected chi connectivity index (χ1v) is 4.66. The van der Waals surface area contributed by atoms with Gasteiger partial charge in [0.1, 0.15) is 0 Å². The van der Waals surface area contributed by atoms with E-state index in [9.17, 15) is 8.42 Å². The normalized spacial score (nSPS) is 15.1. The van der Waals surface area contributed by atoms with Gasteiger partial charge in [-0.25, -0.2) is 0 Å². The van der Waals surface area contributed by atoms with Gasteiger partial charge < -0.3 is 5.11 Å². The van der Waals surface area contributed by atoms with Crippen LogP contribution in [0.25, 0.3) is 0 Å². The summed E-state index contributed by atoms with van der Waals surface area (Å²) in [5, 5.41) is 8.57. The molecular weight excluding hydrogens is 180 g/mol. The summed E-state index contributed by atoms with van der Waals surface area (Å²) in [6.07, 6.45) is -0.660. The van der Waals surface area contributed by atoms with Gasteiger partial charge in [0.25, 0.3) is 0 Å². The maximum absolute atomic E-state index is 9.84. The predicted molar refractivity (Wildman–Crippen MR) is 36.8 cm³/mol. The van der Waals surface area contributed by atoms with Crippen molar-refractivity contribution in [1.82, 2.24) is 0 Å². The summed E-state index contributed by atoms with van der Waals surface area (Å²) in [7, 11) is -4.37. The summed E-state index contributed by atoms with van der Waals surface area (Å²) in [5.41, 5.74) is 0. The third kappa shape index (κ3) is 8.18. The Balaban J connectivity index is 3.39. The van der Waals surface area contributed by atoms with Crippen molar-refractivity contribution in [2.45, 2.75) is 13.0 Å². The summed E-state index contributed by atoms with van der Waals surface area (Å²) in [4.78, 5) is 0. The maximum Gasteiger partial charge on any atom is 0.408 e. The van der Waals surface area contributed by atoms with Gasteiger partial charge in [-0.2, -0.15) is 12.0 Å². The lowest BCUT2D eigenvalue weighted by Gasteiger charge is -1.99. The number of hydrogen-bond donors (Lipinski definition) is 2. The molecule has 10 heavy (non-hydrogen) atoms. The molecule has 0 amide bonds. The van der Waals surface area contributed by atoms with E-state index in [1.165, 1.54) is 6.92 Å². The van der Waals surface area contributed by atoms with Crippen molar-refractivity contribution in [3.63, 3.8) is 0 Å². The Kier molecular flexibility index (Phi) is 4.22. The molecule has 0 spiro atoms. The van der Waals surface area contributed by atoms with Crippen molar-refractivity contribution in [3.8, 4) is 0 Å². The molecule has 62 valence electrons. The zero-order valence-corrected chi connectivity index (χ0v) is 6.85. The number of hydrogen-bond acceptors (Lipinski definition) is 5. The molecule has 0 radical (unpaired) electrons. The van der Waals surface area contributed by atoms with E-state index >= 15 is 0 Å². The number of aliphatic hydroxyl groups excluding tert-OH is 1. The van der Waals surface area contributed by atoms with Crippen molar-refractivity contribution in [1.29, 1.82) is 0 Å². The maximum atomic E-state index is 9.84. The van der Waals surface area contributed by atoms with Crippen molar-refractivity contribution in [2.75, 3.05) is 5.75 Å². The summed E-state index contributed by atoms with van der Waals surface area (Å²) in [6, 6.07) is 0. The Labute approximate surface area is 63.5 Å². The lowest BCUT2D eigenvalue weighted by molar-refractivity contribution is 0.219. The smallest absolute Gasteiger partial charge is 0.392 e. The highest BCUT2D eigenvalue weighted by Crippen LogP contribution is 2.07. The molecule has 0 aliphatic carbocycles. The number of rotatable bonds is 4. The average molecular weight is 188 g/mol. The molecule has 7 heteroatoms. The Bertz CT molecular complexity index is 171. The van der Waals surface area contributed by atoms with Gasteiger partial charge in [0, 0.05) is 17.8 Å². The largest absolute Gasteiger partial charge is 0.408 e. The Hall–Kier alpha value is 0.180. The lowest BCUT2D eigenvalue weighted by atomic mass is 10.5. The molecule has 2 N–H and O–H groups in total. The summed E-state index contributed by atoms with van der Waals surface area (Å²) in [6.45, 7) is 1.47. The van der Waals surface area contributed by atoms with E-state index in [0.717, 1.165) is 0 Å². The molecule has 0 aliphatic heterocycles. The summed E-state index contributed by atoms with van der Waals surface area (Å²) < 4.78 is 31.5. The molecule has 1 unspecified atom stereocenters. The first-order chi connectivity index (χ1) is 4.42. The van der Waals surface area contributed by atoms with Crippen LogP contribution in [-0.4, -0.2) is 29.9 Å². The minimum absolute atomic E-state index is 0.0970. The van der Waals surface area contributed by atoms with Gasteiger partial charge in [0.05, 0.1) is 6.10 Å². The number of aliphatic hydroxyl groups is 1. The van der Waals surface area contributed by atoms with Gasteiger partial charge in [-0.1, -0.05) is 0 Å². The SMILES string of the molecule is CC(O)CSOS(=O)(=O)O. The third-order valence-corrected chi connectivity index (χ3v) is 2.13. The lowest BCUT2D eigenvalue weighted by Crippen LogP contribution is -2.05. The van der Waals surface area contributed by atoms with Crippen molar-refractivity contribution in [3.05, 3.63) is 0 Å². The van der Waals surface area contributed by atoms with Crippen LogP contribution in [0.5, 0.6) is 0 Å². The molecule has 0 heterocycles. The molecule has 0 rings (SSSR count). The van der Waals surface area contributed by atoms with Crippen molar-refractivity contribution in [2.24, 2.45) is 0 Å². The quantitative estimate of drug-likeness (QED) is 0.471. The van der Waals surface area contributed by atoms with Gasteiger partial charge >= 0.3 is 10.4 Å². The molecule has 0 bridgehead atoms. The second-order valence-electron chi connectivity index (χ2n) is 1.63. The fraction of sp³-hybridized carbons (Fsp3) is 1.00. The van der Waals surface area contributed by atoms with E-state index in [4.69, 9.17) is 9.66 Å². The molecule has 0 aliphatic rings. The van der Waals surface area contributed by atoms with Crippen LogP contribution < -0.4 is 0 Å². The molecular formula is C3H8O5S2. The van der Waals surface area contributed by atoms with Gasteiger partial charge in [-0.05, 0) is 6.92 Å². The van der Waals surface area contributed by atoms with E-state index in [-0.39, 0.29) is 5.75 Å². The van der Waals surface area contributed by atoms with E-state index < -0.39 is 16.5 Å². The van der Waals surface area contributed by atoms with Gasteiger partial charge in [0.15, 0.2) is 0 Å². The second-order valence-corrected chi connectivity index (χ2v) is 3.60. The molecule has 0 aromatic rings. The summed E-state index contributed by atoms with van der Waals surface area (Å²) >= 11 is 0.480. The molecule has 1 atom stereocenters. The van der Waals surface area contributed by atoms with E-state index in [1.807, 2.05) is 0 Å². The van der Waals surface area contributed by atoms with E-state index in [2.05, 4.69) is 3.63 Å². The average Bonchev–Trinajstić information content (AvgIpc) is 1.59. The zero-order chi connectivity index (χ0) is 8.20. The van der Waals surface area contributed by atoms with Crippen LogP contribution in [0.3, 0.4) is 0 Å². The van der Waals surface area contributed by atoms with Gasteiger partial charge in [-0.3, -0.25) is 4.55 Å². The van der Waals surface area contributed by atoms with Crippen LogP contribution in [-0.2, 0) is 14.0 Å². The molecule has 0 aromatic heterocycles. The highest BCUT2D eigenvalue weighted by Gasteiger charge is 2.05. The van der Waals surface area contributed by atoms with Crippen LogP contribution >= 0.6 is 12.0 Å². The second kappa shape index (κ2) is 4.14. The van der Waals surface area contributed by atoms with Crippen LogP contribution in [0.4, 0.5) is 0 Å². The Morgan fingerprint density at radius 2 is 2.20 bits per heavy atom. The first kappa shape index (κ1) is 10.2. The van der Waals surface area contributed by atoms with Crippen LogP contribution in [0.15, 0.2) is 0 Å². The highest BCUT2D eigenvalue weighted by atomic mass is 32.3. The molecule has 0 saturated heterocycles.